The molecule has 0 spiro atoms. The van der Waals surface area contributed by atoms with Crippen LogP contribution < -0.4 is 10.9 Å². The summed E-state index contributed by atoms with van der Waals surface area (Å²) in [7, 11) is 0. The Bertz CT molecular complexity index is 621. The van der Waals surface area contributed by atoms with Crippen LogP contribution in [0.25, 0.3) is 5.69 Å². The van der Waals surface area contributed by atoms with Gasteiger partial charge in [-0.2, -0.15) is 9.78 Å². The third-order valence-electron chi connectivity index (χ3n) is 3.26. The van der Waals surface area contributed by atoms with Gasteiger partial charge in [-0.3, -0.25) is 4.79 Å². The molecule has 1 N–H and O–H groups in total. The topological polar surface area (TPSA) is 46.9 Å². The van der Waals surface area contributed by atoms with E-state index in [0.717, 1.165) is 12.8 Å². The van der Waals surface area contributed by atoms with Gasteiger partial charge in [-0.15, -0.1) is 0 Å². The van der Waals surface area contributed by atoms with Crippen molar-refractivity contribution in [2.24, 2.45) is 0 Å². The average molecular weight is 292 g/mol. The van der Waals surface area contributed by atoms with Crippen molar-refractivity contribution in [3.05, 3.63) is 51.9 Å². The number of rotatable bonds is 5. The van der Waals surface area contributed by atoms with Crippen molar-refractivity contribution in [3.63, 3.8) is 0 Å². The van der Waals surface area contributed by atoms with E-state index in [-0.39, 0.29) is 10.6 Å². The highest BCUT2D eigenvalue weighted by Crippen LogP contribution is 2.19. The highest BCUT2D eigenvalue weighted by molar-refractivity contribution is 6.32. The van der Waals surface area contributed by atoms with E-state index in [1.165, 1.54) is 4.68 Å². The lowest BCUT2D eigenvalue weighted by Gasteiger charge is -2.17. The summed E-state index contributed by atoms with van der Waals surface area (Å²) in [6.45, 7) is 4.18. The normalized spacial score (nSPS) is 10.8. The molecule has 0 bridgehead atoms. The van der Waals surface area contributed by atoms with Crippen LogP contribution in [0.4, 0.5) is 5.69 Å². The van der Waals surface area contributed by atoms with Crippen molar-refractivity contribution < 1.29 is 0 Å². The van der Waals surface area contributed by atoms with Crippen molar-refractivity contribution in [1.82, 2.24) is 9.78 Å². The molecule has 0 aliphatic rings. The van der Waals surface area contributed by atoms with Crippen molar-refractivity contribution in [2.45, 2.75) is 32.7 Å². The maximum Gasteiger partial charge on any atom is 0.292 e. The first-order valence-electron chi connectivity index (χ1n) is 6.77. The monoisotopic (exact) mass is 291 g/mol. The number of aromatic nitrogens is 2. The van der Waals surface area contributed by atoms with E-state index in [4.69, 9.17) is 11.6 Å². The van der Waals surface area contributed by atoms with Gasteiger partial charge < -0.3 is 5.32 Å². The minimum Gasteiger partial charge on any atom is -0.380 e. The summed E-state index contributed by atoms with van der Waals surface area (Å²) in [5.74, 6) is 0. The Kier molecular flexibility index (Phi) is 4.79. The van der Waals surface area contributed by atoms with Crippen LogP contribution >= 0.6 is 11.6 Å². The first-order valence-corrected chi connectivity index (χ1v) is 7.15. The van der Waals surface area contributed by atoms with E-state index in [9.17, 15) is 4.79 Å². The summed E-state index contributed by atoms with van der Waals surface area (Å²) in [6.07, 6.45) is 3.54. The number of hydrogen-bond acceptors (Lipinski definition) is 3. The number of anilines is 1. The van der Waals surface area contributed by atoms with Crippen LogP contribution in [0.2, 0.25) is 5.02 Å². The molecule has 1 aromatic carbocycles. The molecular weight excluding hydrogens is 274 g/mol. The van der Waals surface area contributed by atoms with E-state index >= 15 is 0 Å². The third kappa shape index (κ3) is 3.02. The minimum atomic E-state index is -0.311. The first-order chi connectivity index (χ1) is 9.67. The number of benzene rings is 1. The Hall–Kier alpha value is -1.81. The van der Waals surface area contributed by atoms with Crippen LogP contribution in [0.15, 0.2) is 41.3 Å². The Morgan fingerprint density at radius 3 is 2.50 bits per heavy atom. The molecule has 2 aromatic rings. The van der Waals surface area contributed by atoms with Gasteiger partial charge in [0, 0.05) is 6.04 Å². The number of halogens is 1. The Morgan fingerprint density at radius 1 is 1.25 bits per heavy atom. The minimum absolute atomic E-state index is 0.177. The zero-order chi connectivity index (χ0) is 14.5. The molecule has 0 amide bonds. The molecular formula is C15H18ClN3O. The molecule has 0 aliphatic heterocycles. The molecule has 0 unspecified atom stereocenters. The van der Waals surface area contributed by atoms with E-state index < -0.39 is 0 Å². The number of para-hydroxylation sites is 1. The van der Waals surface area contributed by atoms with Gasteiger partial charge in [-0.25, -0.2) is 0 Å². The van der Waals surface area contributed by atoms with Crippen molar-refractivity contribution in [1.29, 1.82) is 0 Å². The second-order valence-electron chi connectivity index (χ2n) is 4.58. The molecule has 0 aliphatic carbocycles. The van der Waals surface area contributed by atoms with E-state index in [1.807, 2.05) is 30.3 Å². The molecule has 1 heterocycles. The highest BCUT2D eigenvalue weighted by Gasteiger charge is 2.12. The van der Waals surface area contributed by atoms with Crippen LogP contribution in [0.1, 0.15) is 26.7 Å². The van der Waals surface area contributed by atoms with Crippen LogP contribution in [-0.4, -0.2) is 15.8 Å². The van der Waals surface area contributed by atoms with E-state index in [1.54, 1.807) is 6.20 Å². The fraction of sp³-hybridized carbons (Fsp3) is 0.333. The lowest BCUT2D eigenvalue weighted by Crippen LogP contribution is -2.25. The predicted octanol–water partition coefficient (Wildman–Crippen LogP) is 3.49. The Morgan fingerprint density at radius 2 is 1.90 bits per heavy atom. The van der Waals surface area contributed by atoms with Gasteiger partial charge >= 0.3 is 0 Å². The van der Waals surface area contributed by atoms with Gasteiger partial charge in [0.05, 0.1) is 17.6 Å². The summed E-state index contributed by atoms with van der Waals surface area (Å²) in [5, 5.41) is 7.62. The van der Waals surface area contributed by atoms with Gasteiger partial charge in [0.1, 0.15) is 5.02 Å². The zero-order valence-corrected chi connectivity index (χ0v) is 12.4. The molecule has 0 saturated heterocycles. The molecule has 0 radical (unpaired) electrons. The standard InChI is InChI=1S/C15H18ClN3O/c1-3-11(4-2)18-13-10-17-19(15(20)14(13)16)12-8-6-5-7-9-12/h5-11,18H,3-4H2,1-2H3. The molecule has 106 valence electrons. The number of nitrogens with zero attached hydrogens (tertiary/aromatic N) is 2. The third-order valence-corrected chi connectivity index (χ3v) is 3.63. The van der Waals surface area contributed by atoms with Gasteiger partial charge in [-0.1, -0.05) is 43.6 Å². The van der Waals surface area contributed by atoms with Gasteiger partial charge in [0.2, 0.25) is 0 Å². The van der Waals surface area contributed by atoms with Crippen LogP contribution in [0, 0.1) is 0 Å². The molecule has 20 heavy (non-hydrogen) atoms. The summed E-state index contributed by atoms with van der Waals surface area (Å²) >= 11 is 6.17. The smallest absolute Gasteiger partial charge is 0.292 e. The molecule has 2 rings (SSSR count). The lowest BCUT2D eigenvalue weighted by molar-refractivity contribution is 0.669. The lowest BCUT2D eigenvalue weighted by atomic mass is 10.1. The molecule has 5 heteroatoms. The van der Waals surface area contributed by atoms with E-state index in [2.05, 4.69) is 24.3 Å². The van der Waals surface area contributed by atoms with Crippen molar-refractivity contribution >= 4 is 17.3 Å². The molecule has 0 atom stereocenters. The molecule has 0 saturated carbocycles. The highest BCUT2D eigenvalue weighted by atomic mass is 35.5. The van der Waals surface area contributed by atoms with Gasteiger partial charge in [0.25, 0.3) is 5.56 Å². The molecule has 1 aromatic heterocycles. The van der Waals surface area contributed by atoms with E-state index in [0.29, 0.717) is 17.4 Å². The second-order valence-corrected chi connectivity index (χ2v) is 4.96. The fourth-order valence-corrected chi connectivity index (χ4v) is 2.18. The average Bonchev–Trinajstić information content (AvgIpc) is 2.50. The molecule has 4 nitrogen and oxygen atoms in total. The zero-order valence-electron chi connectivity index (χ0n) is 11.6. The Labute approximate surface area is 123 Å². The maximum absolute atomic E-state index is 12.3. The summed E-state index contributed by atoms with van der Waals surface area (Å²) in [6, 6.07) is 9.53. The quantitative estimate of drug-likeness (QED) is 0.917. The molecule has 0 fully saturated rings. The summed E-state index contributed by atoms with van der Waals surface area (Å²) in [4.78, 5) is 12.3. The maximum atomic E-state index is 12.3. The first kappa shape index (κ1) is 14.6. The number of nitrogens with one attached hydrogen (secondary N) is 1. The van der Waals surface area contributed by atoms with Crippen molar-refractivity contribution in [3.8, 4) is 5.69 Å². The SMILES string of the molecule is CCC(CC)Nc1cnn(-c2ccccc2)c(=O)c1Cl. The van der Waals surface area contributed by atoms with Gasteiger partial charge in [0.15, 0.2) is 0 Å². The summed E-state index contributed by atoms with van der Waals surface area (Å²) < 4.78 is 1.31. The summed E-state index contributed by atoms with van der Waals surface area (Å²) in [5.41, 5.74) is 0.986. The van der Waals surface area contributed by atoms with Crippen LogP contribution in [0.3, 0.4) is 0 Å². The fourth-order valence-electron chi connectivity index (χ4n) is 2.00. The van der Waals surface area contributed by atoms with Gasteiger partial charge in [-0.05, 0) is 25.0 Å². The van der Waals surface area contributed by atoms with Crippen LogP contribution in [-0.2, 0) is 0 Å². The Balaban J connectivity index is 2.37. The largest absolute Gasteiger partial charge is 0.380 e. The second kappa shape index (κ2) is 6.57. The number of hydrogen-bond donors (Lipinski definition) is 1. The van der Waals surface area contributed by atoms with Crippen LogP contribution in [0.5, 0.6) is 0 Å². The predicted molar refractivity (Wildman–Crippen MR) is 82.8 cm³/mol. The van der Waals surface area contributed by atoms with Crippen molar-refractivity contribution in [2.75, 3.05) is 5.32 Å².